The molecule has 1 aliphatic heterocycles. The van der Waals surface area contributed by atoms with Crippen molar-refractivity contribution in [3.05, 3.63) is 59.9 Å². The van der Waals surface area contributed by atoms with Crippen LogP contribution in [0.3, 0.4) is 0 Å². The smallest absolute Gasteiger partial charge is 0.243 e. The minimum absolute atomic E-state index is 0.0669. The van der Waals surface area contributed by atoms with Gasteiger partial charge in [-0.15, -0.1) is 0 Å². The molecule has 1 atom stereocenters. The second kappa shape index (κ2) is 5.46. The Balaban J connectivity index is 1.76. The summed E-state index contributed by atoms with van der Waals surface area (Å²) in [7, 11) is -3.86. The number of fused-ring (bicyclic) bond motifs is 1. The molecule has 0 amide bonds. The standard InChI is InChI=1S/C15H14FNO3S/c16-13-6-2-4-8-15(13)21(18,19)17-9-11-10-20-14-7-3-1-5-12(11)14/h1-8,11,17H,9-10H2. The number of hydrogen-bond acceptors (Lipinski definition) is 3. The van der Waals surface area contributed by atoms with Crippen LogP contribution in [0.5, 0.6) is 5.75 Å². The van der Waals surface area contributed by atoms with Crippen LogP contribution in [0.25, 0.3) is 0 Å². The fraction of sp³-hybridized carbons (Fsp3) is 0.200. The van der Waals surface area contributed by atoms with Crippen molar-refractivity contribution in [2.24, 2.45) is 0 Å². The molecule has 2 aromatic rings. The molecule has 0 radical (unpaired) electrons. The fourth-order valence-corrected chi connectivity index (χ4v) is 3.51. The van der Waals surface area contributed by atoms with E-state index < -0.39 is 15.8 Å². The van der Waals surface area contributed by atoms with Crippen molar-refractivity contribution in [1.82, 2.24) is 4.72 Å². The lowest BCUT2D eigenvalue weighted by Crippen LogP contribution is -2.29. The highest BCUT2D eigenvalue weighted by atomic mass is 32.2. The average Bonchev–Trinajstić information content (AvgIpc) is 2.89. The first-order chi connectivity index (χ1) is 10.1. The van der Waals surface area contributed by atoms with Gasteiger partial charge in [-0.05, 0) is 18.2 Å². The van der Waals surface area contributed by atoms with E-state index in [0.29, 0.717) is 6.61 Å². The van der Waals surface area contributed by atoms with E-state index in [9.17, 15) is 12.8 Å². The number of halogens is 1. The molecule has 1 N–H and O–H groups in total. The van der Waals surface area contributed by atoms with Gasteiger partial charge in [-0.3, -0.25) is 0 Å². The van der Waals surface area contributed by atoms with Gasteiger partial charge in [0.2, 0.25) is 10.0 Å². The first-order valence-electron chi connectivity index (χ1n) is 6.54. The normalized spacial score (nSPS) is 17.3. The van der Waals surface area contributed by atoms with Crippen molar-refractivity contribution in [2.75, 3.05) is 13.2 Å². The van der Waals surface area contributed by atoms with Gasteiger partial charge in [0.15, 0.2) is 0 Å². The molecule has 21 heavy (non-hydrogen) atoms. The van der Waals surface area contributed by atoms with Crippen LogP contribution in [0.2, 0.25) is 0 Å². The van der Waals surface area contributed by atoms with Crippen LogP contribution in [-0.2, 0) is 10.0 Å². The third kappa shape index (κ3) is 2.77. The summed E-state index contributed by atoms with van der Waals surface area (Å²) in [5.41, 5.74) is 0.966. The van der Waals surface area contributed by atoms with Crippen molar-refractivity contribution >= 4 is 10.0 Å². The molecule has 110 valence electrons. The minimum atomic E-state index is -3.86. The number of nitrogens with one attached hydrogen (secondary N) is 1. The summed E-state index contributed by atoms with van der Waals surface area (Å²) in [6.45, 7) is 0.590. The van der Waals surface area contributed by atoms with Crippen LogP contribution < -0.4 is 9.46 Å². The summed E-state index contributed by atoms with van der Waals surface area (Å²) in [6, 6.07) is 12.8. The summed E-state index contributed by atoms with van der Waals surface area (Å²) in [5.74, 6) is -0.0524. The molecule has 1 heterocycles. The van der Waals surface area contributed by atoms with E-state index >= 15 is 0 Å². The second-order valence-electron chi connectivity index (χ2n) is 4.83. The Labute approximate surface area is 122 Å². The second-order valence-corrected chi connectivity index (χ2v) is 6.56. The molecular weight excluding hydrogens is 293 g/mol. The van der Waals surface area contributed by atoms with Gasteiger partial charge < -0.3 is 4.74 Å². The lowest BCUT2D eigenvalue weighted by molar-refractivity contribution is 0.330. The molecule has 0 spiro atoms. The van der Waals surface area contributed by atoms with E-state index in [1.54, 1.807) is 0 Å². The molecule has 3 rings (SSSR count). The zero-order chi connectivity index (χ0) is 14.9. The van der Waals surface area contributed by atoms with Gasteiger partial charge >= 0.3 is 0 Å². The molecular formula is C15H14FNO3S. The van der Waals surface area contributed by atoms with Crippen molar-refractivity contribution in [3.63, 3.8) is 0 Å². The summed E-state index contributed by atoms with van der Waals surface area (Å²) < 4.78 is 45.8. The van der Waals surface area contributed by atoms with Gasteiger partial charge in [0.25, 0.3) is 0 Å². The average molecular weight is 307 g/mol. The monoisotopic (exact) mass is 307 g/mol. The molecule has 0 bridgehead atoms. The molecule has 1 aliphatic rings. The molecule has 0 fully saturated rings. The quantitative estimate of drug-likeness (QED) is 0.943. The van der Waals surface area contributed by atoms with Gasteiger partial charge in [0.05, 0.1) is 6.61 Å². The summed E-state index contributed by atoms with van der Waals surface area (Å²) in [6.07, 6.45) is 0. The van der Waals surface area contributed by atoms with Crippen LogP contribution in [0.4, 0.5) is 4.39 Å². The van der Waals surface area contributed by atoms with Crippen LogP contribution in [0.1, 0.15) is 11.5 Å². The van der Waals surface area contributed by atoms with E-state index in [0.717, 1.165) is 17.4 Å². The number of rotatable bonds is 4. The highest BCUT2D eigenvalue weighted by molar-refractivity contribution is 7.89. The van der Waals surface area contributed by atoms with Crippen LogP contribution >= 0.6 is 0 Å². The van der Waals surface area contributed by atoms with E-state index in [1.165, 1.54) is 18.2 Å². The number of hydrogen-bond donors (Lipinski definition) is 1. The lowest BCUT2D eigenvalue weighted by atomic mass is 10.0. The summed E-state index contributed by atoms with van der Waals surface area (Å²) in [4.78, 5) is -0.336. The molecule has 2 aromatic carbocycles. The largest absolute Gasteiger partial charge is 0.493 e. The van der Waals surface area contributed by atoms with Crippen LogP contribution in [0.15, 0.2) is 53.4 Å². The predicted octanol–water partition coefficient (Wildman–Crippen LogP) is 2.28. The van der Waals surface area contributed by atoms with E-state index in [1.807, 2.05) is 24.3 Å². The van der Waals surface area contributed by atoms with E-state index in [-0.39, 0.29) is 17.4 Å². The Morgan fingerprint density at radius 2 is 1.86 bits per heavy atom. The molecule has 6 heteroatoms. The molecule has 0 aromatic heterocycles. The molecule has 0 saturated carbocycles. The lowest BCUT2D eigenvalue weighted by Gasteiger charge is -2.11. The number of ether oxygens (including phenoxy) is 1. The molecule has 1 unspecified atom stereocenters. The highest BCUT2D eigenvalue weighted by Crippen LogP contribution is 2.33. The Hall–Kier alpha value is -1.92. The van der Waals surface area contributed by atoms with Crippen molar-refractivity contribution < 1.29 is 17.5 Å². The van der Waals surface area contributed by atoms with Gasteiger partial charge in [-0.2, -0.15) is 0 Å². The van der Waals surface area contributed by atoms with E-state index in [4.69, 9.17) is 4.74 Å². The molecule has 0 saturated heterocycles. The maximum absolute atomic E-state index is 13.6. The Bertz CT molecular complexity index is 761. The first-order valence-corrected chi connectivity index (χ1v) is 8.02. The third-order valence-electron chi connectivity index (χ3n) is 3.44. The van der Waals surface area contributed by atoms with Crippen molar-refractivity contribution in [2.45, 2.75) is 10.8 Å². The molecule has 0 aliphatic carbocycles. The predicted molar refractivity (Wildman–Crippen MR) is 76.3 cm³/mol. The van der Waals surface area contributed by atoms with Gasteiger partial charge in [-0.25, -0.2) is 17.5 Å². The maximum Gasteiger partial charge on any atom is 0.243 e. The number of para-hydroxylation sites is 1. The third-order valence-corrected chi connectivity index (χ3v) is 4.90. The van der Waals surface area contributed by atoms with Crippen LogP contribution in [-0.4, -0.2) is 21.6 Å². The van der Waals surface area contributed by atoms with Crippen LogP contribution in [0, 0.1) is 5.82 Å². The Kier molecular flexibility index (Phi) is 3.65. The number of sulfonamides is 1. The fourth-order valence-electron chi connectivity index (χ4n) is 2.35. The van der Waals surface area contributed by atoms with E-state index in [2.05, 4.69) is 4.72 Å². The Morgan fingerprint density at radius 3 is 2.67 bits per heavy atom. The topological polar surface area (TPSA) is 55.4 Å². The SMILES string of the molecule is O=S(=O)(NCC1COc2ccccc21)c1ccccc1F. The van der Waals surface area contributed by atoms with Gasteiger partial charge in [0, 0.05) is 18.0 Å². The zero-order valence-electron chi connectivity index (χ0n) is 11.1. The number of benzene rings is 2. The summed E-state index contributed by atoms with van der Waals surface area (Å²) >= 11 is 0. The maximum atomic E-state index is 13.6. The van der Waals surface area contributed by atoms with Gasteiger partial charge in [0.1, 0.15) is 16.5 Å². The Morgan fingerprint density at radius 1 is 1.14 bits per heavy atom. The van der Waals surface area contributed by atoms with Gasteiger partial charge in [-0.1, -0.05) is 30.3 Å². The minimum Gasteiger partial charge on any atom is -0.493 e. The molecule has 4 nitrogen and oxygen atoms in total. The zero-order valence-corrected chi connectivity index (χ0v) is 11.9. The highest BCUT2D eigenvalue weighted by Gasteiger charge is 2.26. The van der Waals surface area contributed by atoms with Crippen molar-refractivity contribution in [1.29, 1.82) is 0 Å². The summed E-state index contributed by atoms with van der Waals surface area (Å²) in [5, 5.41) is 0. The first kappa shape index (κ1) is 14.0. The van der Waals surface area contributed by atoms with Crippen molar-refractivity contribution in [3.8, 4) is 5.75 Å².